The van der Waals surface area contributed by atoms with Crippen molar-refractivity contribution < 1.29 is 4.42 Å². The van der Waals surface area contributed by atoms with Gasteiger partial charge >= 0.3 is 0 Å². The van der Waals surface area contributed by atoms with Gasteiger partial charge < -0.3 is 13.6 Å². The summed E-state index contributed by atoms with van der Waals surface area (Å²) < 4.78 is 11.6. The first-order chi connectivity index (χ1) is 25.3. The van der Waals surface area contributed by atoms with Gasteiger partial charge in [0.2, 0.25) is 0 Å². The summed E-state index contributed by atoms with van der Waals surface area (Å²) in [5.74, 6) is 0. The zero-order valence-electron chi connectivity index (χ0n) is 27.5. The summed E-state index contributed by atoms with van der Waals surface area (Å²) in [4.78, 5) is 0. The Kier molecular flexibility index (Phi) is 5.23. The maximum atomic E-state index is 6.65. The van der Waals surface area contributed by atoms with E-state index >= 15 is 0 Å². The van der Waals surface area contributed by atoms with Gasteiger partial charge in [0.1, 0.15) is 11.2 Å². The van der Waals surface area contributed by atoms with Crippen molar-refractivity contribution in [3.05, 3.63) is 170 Å². The molecule has 0 saturated heterocycles. The van der Waals surface area contributed by atoms with Crippen LogP contribution >= 0.6 is 0 Å². The van der Waals surface area contributed by atoms with Crippen LogP contribution in [0.2, 0.25) is 0 Å². The smallest absolute Gasteiger partial charge is 0.136 e. The number of fused-ring (bicyclic) bond motifs is 1. The van der Waals surface area contributed by atoms with Crippen molar-refractivity contribution in [3.8, 4) is 33.6 Å². The van der Waals surface area contributed by atoms with Crippen LogP contribution in [0.25, 0.3) is 110 Å². The normalized spacial score (nSPS) is 12.3. The van der Waals surface area contributed by atoms with E-state index in [2.05, 4.69) is 179 Å². The van der Waals surface area contributed by atoms with E-state index in [9.17, 15) is 0 Å². The summed E-state index contributed by atoms with van der Waals surface area (Å²) in [5, 5.41) is 9.92. The number of para-hydroxylation sites is 1. The Labute approximate surface area is 292 Å². The van der Waals surface area contributed by atoms with E-state index in [0.29, 0.717) is 0 Å². The molecule has 0 fully saturated rings. The van der Waals surface area contributed by atoms with Crippen molar-refractivity contribution >= 4 is 76.3 Å². The second kappa shape index (κ2) is 9.87. The molecule has 0 amide bonds. The van der Waals surface area contributed by atoms with Gasteiger partial charge in [-0.15, -0.1) is 0 Å². The van der Waals surface area contributed by atoms with E-state index in [4.69, 9.17) is 4.42 Å². The molecule has 0 radical (unpaired) electrons. The Hall–Kier alpha value is -6.84. The van der Waals surface area contributed by atoms with Crippen molar-refractivity contribution in [2.45, 2.75) is 0 Å². The molecule has 12 aromatic rings. The molecule has 3 aromatic heterocycles. The van der Waals surface area contributed by atoms with Crippen LogP contribution in [0, 0.1) is 0 Å². The summed E-state index contributed by atoms with van der Waals surface area (Å²) in [6, 6.07) is 61.6. The molecule has 236 valence electrons. The molecule has 3 heterocycles. The lowest BCUT2D eigenvalue weighted by molar-refractivity contribution is 0.669. The third-order valence-electron chi connectivity index (χ3n) is 11.0. The lowest BCUT2D eigenvalue weighted by Gasteiger charge is -2.12. The Morgan fingerprint density at radius 2 is 0.784 bits per heavy atom. The van der Waals surface area contributed by atoms with Crippen LogP contribution in [0.4, 0.5) is 0 Å². The van der Waals surface area contributed by atoms with Crippen LogP contribution in [-0.4, -0.2) is 9.13 Å². The third kappa shape index (κ3) is 3.57. The van der Waals surface area contributed by atoms with E-state index in [1.807, 2.05) is 0 Å². The van der Waals surface area contributed by atoms with Crippen LogP contribution in [0.3, 0.4) is 0 Å². The van der Waals surface area contributed by atoms with Gasteiger partial charge in [-0.1, -0.05) is 103 Å². The van der Waals surface area contributed by atoms with Gasteiger partial charge in [0.25, 0.3) is 0 Å². The van der Waals surface area contributed by atoms with Gasteiger partial charge in [-0.3, -0.25) is 0 Å². The largest absolute Gasteiger partial charge is 0.456 e. The molecule has 0 N–H and O–H groups in total. The van der Waals surface area contributed by atoms with Crippen LogP contribution in [0.5, 0.6) is 0 Å². The van der Waals surface area contributed by atoms with Gasteiger partial charge in [0.05, 0.1) is 22.1 Å². The van der Waals surface area contributed by atoms with Gasteiger partial charge in [-0.2, -0.15) is 0 Å². The standard InChI is InChI=1S/C48H28N2O/c1-3-11-29(12-4-1)30-13-7-14-31(27-30)32-15-8-18-34(28-32)50-39-24-23-38-45-43-35(19-9-21-37(43)49(38)33-16-5-2-6-17-33)36-20-10-22-41-44(36)48-42(51-41)26-25-40(50)47(48)46(39)45/h1-28H. The molecule has 3 nitrogen and oxygen atoms in total. The van der Waals surface area contributed by atoms with Crippen molar-refractivity contribution in [2.24, 2.45) is 0 Å². The fraction of sp³-hybridized carbons (Fsp3) is 0. The number of hydrogen-bond donors (Lipinski definition) is 0. The predicted molar refractivity (Wildman–Crippen MR) is 213 cm³/mol. The summed E-state index contributed by atoms with van der Waals surface area (Å²) >= 11 is 0. The summed E-state index contributed by atoms with van der Waals surface area (Å²) in [6.45, 7) is 0. The molecular weight excluding hydrogens is 621 g/mol. The highest BCUT2D eigenvalue weighted by Crippen LogP contribution is 2.50. The Bertz CT molecular complexity index is 3290. The highest BCUT2D eigenvalue weighted by atomic mass is 16.3. The average molecular weight is 649 g/mol. The maximum absolute atomic E-state index is 6.65. The zero-order chi connectivity index (χ0) is 33.2. The van der Waals surface area contributed by atoms with Gasteiger partial charge in [-0.05, 0) is 99.8 Å². The Morgan fingerprint density at radius 3 is 1.57 bits per heavy atom. The molecule has 3 heteroatoms. The molecule has 0 aliphatic heterocycles. The highest BCUT2D eigenvalue weighted by Gasteiger charge is 2.26. The monoisotopic (exact) mass is 648 g/mol. The maximum Gasteiger partial charge on any atom is 0.136 e. The highest BCUT2D eigenvalue weighted by molar-refractivity contribution is 6.42. The minimum absolute atomic E-state index is 0.922. The quantitative estimate of drug-likeness (QED) is 0.186. The summed E-state index contributed by atoms with van der Waals surface area (Å²) in [7, 11) is 0. The second-order valence-corrected chi connectivity index (χ2v) is 13.7. The SMILES string of the molecule is c1ccc(-c2cccc(-c3cccc(-n4c5ccc6oc7cccc8c9cccc%10c9c9c(c5c6c78)c4ccc9n%10-c4ccccc4)c3)c2)cc1. The molecule has 9 aromatic carbocycles. The van der Waals surface area contributed by atoms with Gasteiger partial charge in [0.15, 0.2) is 0 Å². The summed E-state index contributed by atoms with van der Waals surface area (Å²) in [6.07, 6.45) is 0. The molecule has 0 saturated carbocycles. The number of benzene rings is 8. The Morgan fingerprint density at radius 1 is 0.294 bits per heavy atom. The molecular formula is C48H28N2O. The molecule has 0 bridgehead atoms. The predicted octanol–water partition coefficient (Wildman–Crippen LogP) is 13.1. The minimum Gasteiger partial charge on any atom is -0.456 e. The van der Waals surface area contributed by atoms with Crippen LogP contribution in [0.15, 0.2) is 174 Å². The fourth-order valence-electron chi connectivity index (χ4n) is 8.96. The van der Waals surface area contributed by atoms with Crippen LogP contribution in [0.1, 0.15) is 0 Å². The molecule has 0 aliphatic carbocycles. The molecule has 51 heavy (non-hydrogen) atoms. The van der Waals surface area contributed by atoms with E-state index in [0.717, 1.165) is 22.5 Å². The number of rotatable bonds is 4. The number of hydrogen-bond acceptors (Lipinski definition) is 1. The second-order valence-electron chi connectivity index (χ2n) is 13.7. The van der Waals surface area contributed by atoms with Crippen LogP contribution < -0.4 is 0 Å². The summed E-state index contributed by atoms with van der Waals surface area (Å²) in [5.41, 5.74) is 13.7. The lowest BCUT2D eigenvalue weighted by Crippen LogP contribution is -1.95. The van der Waals surface area contributed by atoms with E-state index in [1.54, 1.807) is 0 Å². The van der Waals surface area contributed by atoms with Crippen molar-refractivity contribution in [2.75, 3.05) is 0 Å². The van der Waals surface area contributed by atoms with Crippen molar-refractivity contribution in [3.63, 3.8) is 0 Å². The zero-order valence-corrected chi connectivity index (χ0v) is 27.5. The number of furan rings is 1. The lowest BCUT2D eigenvalue weighted by atomic mass is 9.95. The third-order valence-corrected chi connectivity index (χ3v) is 11.0. The average Bonchev–Trinajstić information content (AvgIpc) is 3.85. The molecule has 0 spiro atoms. The molecule has 12 rings (SSSR count). The van der Waals surface area contributed by atoms with Gasteiger partial charge in [0, 0.05) is 43.7 Å². The van der Waals surface area contributed by atoms with Crippen LogP contribution in [-0.2, 0) is 0 Å². The first kappa shape index (κ1) is 27.0. The minimum atomic E-state index is 0.922. The topological polar surface area (TPSA) is 23.0 Å². The van der Waals surface area contributed by atoms with E-state index in [1.165, 1.54) is 87.4 Å². The molecule has 0 unspecified atom stereocenters. The number of nitrogens with zero attached hydrogens (tertiary/aromatic N) is 2. The fourth-order valence-corrected chi connectivity index (χ4v) is 8.96. The van der Waals surface area contributed by atoms with Crippen molar-refractivity contribution in [1.82, 2.24) is 9.13 Å². The van der Waals surface area contributed by atoms with E-state index < -0.39 is 0 Å². The first-order valence-electron chi connectivity index (χ1n) is 17.5. The van der Waals surface area contributed by atoms with Crippen molar-refractivity contribution in [1.29, 1.82) is 0 Å². The van der Waals surface area contributed by atoms with E-state index in [-0.39, 0.29) is 0 Å². The first-order valence-corrected chi connectivity index (χ1v) is 17.5. The number of aromatic nitrogens is 2. The van der Waals surface area contributed by atoms with Gasteiger partial charge in [-0.25, -0.2) is 0 Å². The Balaban J connectivity index is 1.24. The molecule has 0 atom stereocenters. The molecule has 0 aliphatic rings.